The van der Waals surface area contributed by atoms with E-state index in [1.165, 1.54) is 12.1 Å². The predicted octanol–water partition coefficient (Wildman–Crippen LogP) is 4.37. The van der Waals surface area contributed by atoms with Crippen LogP contribution in [0, 0.1) is 0 Å². The zero-order chi connectivity index (χ0) is 22.0. The fourth-order valence-electron chi connectivity index (χ4n) is 3.31. The Labute approximate surface area is 181 Å². The number of aromatic nitrogens is 2. The van der Waals surface area contributed by atoms with Crippen molar-refractivity contribution in [2.24, 2.45) is 0 Å². The molecular formula is C21H18ClF3N4O2. The number of nitrogens with zero attached hydrogens (tertiary/aromatic N) is 4. The third-order valence-electron chi connectivity index (χ3n) is 5.04. The third kappa shape index (κ3) is 5.05. The van der Waals surface area contributed by atoms with Gasteiger partial charge in [0.05, 0.1) is 12.1 Å². The molecule has 1 aliphatic heterocycles. The summed E-state index contributed by atoms with van der Waals surface area (Å²) in [6.45, 7) is 2.54. The van der Waals surface area contributed by atoms with Crippen molar-refractivity contribution in [3.63, 3.8) is 0 Å². The number of halogens is 4. The Balaban J connectivity index is 1.32. The molecule has 0 saturated carbocycles. The SMILES string of the molecule is O=C(c1ccc(C(F)(F)F)cc1)N1CCN(Cc2nnc(-c3ccc(Cl)cc3)o2)CC1. The van der Waals surface area contributed by atoms with Crippen LogP contribution in [0.4, 0.5) is 13.2 Å². The van der Waals surface area contributed by atoms with Crippen molar-refractivity contribution < 1.29 is 22.4 Å². The van der Waals surface area contributed by atoms with Crippen LogP contribution in [0.5, 0.6) is 0 Å². The summed E-state index contributed by atoms with van der Waals surface area (Å²) in [5.41, 5.74) is 0.243. The summed E-state index contributed by atoms with van der Waals surface area (Å²) in [5.74, 6) is 0.589. The van der Waals surface area contributed by atoms with Gasteiger partial charge in [-0.15, -0.1) is 10.2 Å². The van der Waals surface area contributed by atoms with Crippen molar-refractivity contribution in [2.45, 2.75) is 12.7 Å². The summed E-state index contributed by atoms with van der Waals surface area (Å²) in [6.07, 6.45) is -4.42. The molecule has 2 heterocycles. The van der Waals surface area contributed by atoms with Crippen LogP contribution in [-0.2, 0) is 12.7 Å². The van der Waals surface area contributed by atoms with E-state index in [0.717, 1.165) is 17.7 Å². The maximum atomic E-state index is 12.7. The van der Waals surface area contributed by atoms with Gasteiger partial charge in [0.25, 0.3) is 5.91 Å². The first-order chi connectivity index (χ1) is 14.8. The lowest BCUT2D eigenvalue weighted by Gasteiger charge is -2.34. The number of amides is 1. The van der Waals surface area contributed by atoms with E-state index < -0.39 is 11.7 Å². The minimum Gasteiger partial charge on any atom is -0.419 e. The second-order valence-electron chi connectivity index (χ2n) is 7.15. The fraction of sp³-hybridized carbons (Fsp3) is 0.286. The van der Waals surface area contributed by atoms with Crippen LogP contribution >= 0.6 is 11.6 Å². The van der Waals surface area contributed by atoms with Gasteiger partial charge >= 0.3 is 6.18 Å². The number of alkyl halides is 3. The van der Waals surface area contributed by atoms with Gasteiger partial charge in [-0.1, -0.05) is 11.6 Å². The van der Waals surface area contributed by atoms with Crippen molar-refractivity contribution in [1.29, 1.82) is 0 Å². The van der Waals surface area contributed by atoms with E-state index in [0.29, 0.717) is 49.5 Å². The molecule has 4 rings (SSSR count). The Bertz CT molecular complexity index is 1040. The predicted molar refractivity (Wildman–Crippen MR) is 107 cm³/mol. The molecule has 6 nitrogen and oxygen atoms in total. The van der Waals surface area contributed by atoms with Crippen LogP contribution in [0.1, 0.15) is 21.8 Å². The second kappa shape index (κ2) is 8.68. The van der Waals surface area contributed by atoms with Gasteiger partial charge < -0.3 is 9.32 Å². The Kier molecular flexibility index (Phi) is 5.97. The van der Waals surface area contributed by atoms with E-state index in [9.17, 15) is 18.0 Å². The molecule has 0 unspecified atom stereocenters. The third-order valence-corrected chi connectivity index (χ3v) is 5.29. The summed E-state index contributed by atoms with van der Waals surface area (Å²) in [5, 5.41) is 8.75. The smallest absolute Gasteiger partial charge is 0.416 e. The monoisotopic (exact) mass is 450 g/mol. The molecule has 1 aliphatic rings. The topological polar surface area (TPSA) is 62.5 Å². The first-order valence-corrected chi connectivity index (χ1v) is 9.94. The molecule has 1 aromatic heterocycles. The molecule has 1 amide bonds. The molecule has 0 atom stereocenters. The molecule has 3 aromatic rings. The number of carbonyl (C=O) groups excluding carboxylic acids is 1. The quantitative estimate of drug-likeness (QED) is 0.590. The summed E-state index contributed by atoms with van der Waals surface area (Å²) < 4.78 is 43.8. The summed E-state index contributed by atoms with van der Waals surface area (Å²) >= 11 is 5.88. The Morgan fingerprint density at radius 2 is 1.61 bits per heavy atom. The normalized spacial score (nSPS) is 15.3. The van der Waals surface area contributed by atoms with Gasteiger partial charge in [-0.05, 0) is 48.5 Å². The molecule has 0 N–H and O–H groups in total. The highest BCUT2D eigenvalue weighted by molar-refractivity contribution is 6.30. The highest BCUT2D eigenvalue weighted by Gasteiger charge is 2.31. The van der Waals surface area contributed by atoms with Crippen molar-refractivity contribution in [2.75, 3.05) is 26.2 Å². The van der Waals surface area contributed by atoms with Gasteiger partial charge in [0.1, 0.15) is 0 Å². The van der Waals surface area contributed by atoms with Gasteiger partial charge in [-0.3, -0.25) is 9.69 Å². The van der Waals surface area contributed by atoms with E-state index in [1.54, 1.807) is 29.2 Å². The van der Waals surface area contributed by atoms with E-state index in [2.05, 4.69) is 15.1 Å². The standard InChI is InChI=1S/C21H18ClF3N4O2/c22-17-7-3-14(4-8-17)19-27-26-18(31-19)13-28-9-11-29(12-10-28)20(30)15-1-5-16(6-2-15)21(23,24)25/h1-8H,9-13H2. The fourth-order valence-corrected chi connectivity index (χ4v) is 3.44. The van der Waals surface area contributed by atoms with E-state index in [-0.39, 0.29) is 11.5 Å². The van der Waals surface area contributed by atoms with Gasteiger partial charge in [-0.2, -0.15) is 13.2 Å². The molecule has 162 valence electrons. The number of carbonyl (C=O) groups is 1. The molecule has 1 saturated heterocycles. The average molecular weight is 451 g/mol. The number of hydrogen-bond donors (Lipinski definition) is 0. The molecule has 0 bridgehead atoms. The van der Waals surface area contributed by atoms with Crippen molar-refractivity contribution in [3.05, 3.63) is 70.6 Å². The first-order valence-electron chi connectivity index (χ1n) is 9.57. The molecular weight excluding hydrogens is 433 g/mol. The number of hydrogen-bond acceptors (Lipinski definition) is 5. The number of benzene rings is 2. The van der Waals surface area contributed by atoms with Crippen LogP contribution in [0.2, 0.25) is 5.02 Å². The first kappa shape index (κ1) is 21.3. The van der Waals surface area contributed by atoms with Gasteiger partial charge in [0.2, 0.25) is 11.8 Å². The summed E-state index contributed by atoms with van der Waals surface area (Å²) in [6, 6.07) is 11.4. The Hall–Kier alpha value is -2.91. The van der Waals surface area contributed by atoms with E-state index >= 15 is 0 Å². The molecule has 0 radical (unpaired) electrons. The lowest BCUT2D eigenvalue weighted by Crippen LogP contribution is -2.48. The second-order valence-corrected chi connectivity index (χ2v) is 7.59. The molecule has 31 heavy (non-hydrogen) atoms. The minimum absolute atomic E-state index is 0.242. The minimum atomic E-state index is -4.42. The number of piperazine rings is 1. The van der Waals surface area contributed by atoms with Crippen molar-refractivity contribution in [3.8, 4) is 11.5 Å². The molecule has 0 aliphatic carbocycles. The molecule has 0 spiro atoms. The summed E-state index contributed by atoms with van der Waals surface area (Å²) in [4.78, 5) is 16.3. The maximum absolute atomic E-state index is 12.7. The van der Waals surface area contributed by atoms with Gasteiger partial charge in [0.15, 0.2) is 0 Å². The van der Waals surface area contributed by atoms with Crippen LogP contribution in [0.15, 0.2) is 52.9 Å². The largest absolute Gasteiger partial charge is 0.419 e. The molecule has 1 fully saturated rings. The van der Waals surface area contributed by atoms with Crippen LogP contribution < -0.4 is 0 Å². The van der Waals surface area contributed by atoms with Crippen LogP contribution in [0.25, 0.3) is 11.5 Å². The maximum Gasteiger partial charge on any atom is 0.416 e. The Morgan fingerprint density at radius 1 is 0.968 bits per heavy atom. The zero-order valence-electron chi connectivity index (χ0n) is 16.3. The van der Waals surface area contributed by atoms with E-state index in [1.807, 2.05) is 0 Å². The highest BCUT2D eigenvalue weighted by Crippen LogP contribution is 2.29. The van der Waals surface area contributed by atoms with Gasteiger partial charge in [0, 0.05) is 42.3 Å². The van der Waals surface area contributed by atoms with Crippen LogP contribution in [0.3, 0.4) is 0 Å². The van der Waals surface area contributed by atoms with Crippen molar-refractivity contribution in [1.82, 2.24) is 20.0 Å². The van der Waals surface area contributed by atoms with Crippen LogP contribution in [-0.4, -0.2) is 52.1 Å². The lowest BCUT2D eigenvalue weighted by molar-refractivity contribution is -0.137. The van der Waals surface area contributed by atoms with E-state index in [4.69, 9.17) is 16.0 Å². The Morgan fingerprint density at radius 3 is 2.23 bits per heavy atom. The number of rotatable bonds is 4. The van der Waals surface area contributed by atoms with Gasteiger partial charge in [-0.25, -0.2) is 0 Å². The zero-order valence-corrected chi connectivity index (χ0v) is 17.0. The van der Waals surface area contributed by atoms with Crippen molar-refractivity contribution >= 4 is 17.5 Å². The molecule has 2 aromatic carbocycles. The average Bonchev–Trinajstić information content (AvgIpc) is 3.22. The lowest BCUT2D eigenvalue weighted by atomic mass is 10.1. The highest BCUT2D eigenvalue weighted by atomic mass is 35.5. The summed E-state index contributed by atoms with van der Waals surface area (Å²) in [7, 11) is 0. The molecule has 10 heteroatoms.